The maximum atomic E-state index is 13.6. The summed E-state index contributed by atoms with van der Waals surface area (Å²) in [4.78, 5) is 60.7. The summed E-state index contributed by atoms with van der Waals surface area (Å²) in [5.41, 5.74) is 17.5. The van der Waals surface area contributed by atoms with E-state index in [1.807, 2.05) is 79.4 Å². The molecule has 0 aliphatic carbocycles. The van der Waals surface area contributed by atoms with Gasteiger partial charge >= 0.3 is 0 Å². The minimum Gasteiger partial charge on any atom is -0.394 e. The number of aryl methyl sites for hydroxylation is 2. The monoisotopic (exact) mass is 1420 g/mol. The maximum Gasteiger partial charge on any atom is 0.254 e. The molecule has 8 aliphatic rings. The number of carbonyl (C=O) groups is 3. The largest absolute Gasteiger partial charge is 0.394 e. The third-order valence-electron chi connectivity index (χ3n) is 21.9. The van der Waals surface area contributed by atoms with E-state index in [1.165, 1.54) is 36.4 Å². The van der Waals surface area contributed by atoms with Crippen LogP contribution >= 0.6 is 0 Å². The van der Waals surface area contributed by atoms with Crippen LogP contribution in [-0.4, -0.2) is 155 Å². The Morgan fingerprint density at radius 1 is 0.562 bits per heavy atom. The van der Waals surface area contributed by atoms with E-state index in [1.54, 1.807) is 43.3 Å². The lowest BCUT2D eigenvalue weighted by atomic mass is 9.94. The number of nitrogens with one attached hydrogen (secondary N) is 6. The predicted octanol–water partition coefficient (Wildman–Crippen LogP) is 9.62. The molecule has 542 valence electrons. The van der Waals surface area contributed by atoms with Gasteiger partial charge in [-0.1, -0.05) is 24.3 Å². The average Bonchev–Trinajstić information content (AvgIpc) is 1.65. The van der Waals surface area contributed by atoms with E-state index in [-0.39, 0.29) is 67.7 Å². The van der Waals surface area contributed by atoms with Crippen molar-refractivity contribution in [3.05, 3.63) is 184 Å². The highest BCUT2D eigenvalue weighted by atomic mass is 19.1. The van der Waals surface area contributed by atoms with Crippen molar-refractivity contribution in [2.75, 3.05) is 79.5 Å². The third kappa shape index (κ3) is 13.5. The molecule has 0 spiro atoms. The molecule has 9 N–H and O–H groups in total. The molecule has 105 heavy (non-hydrogen) atoms. The van der Waals surface area contributed by atoms with Crippen LogP contribution in [0.1, 0.15) is 123 Å². The number of piperidine rings is 2. The second-order valence-corrected chi connectivity index (χ2v) is 28.0. The Hall–Kier alpha value is -10.7. The van der Waals surface area contributed by atoms with Gasteiger partial charge in [0.1, 0.15) is 34.5 Å². The summed E-state index contributed by atoms with van der Waals surface area (Å²) in [6.07, 6.45) is 23.6. The molecule has 3 fully saturated rings. The topological polar surface area (TPSA) is 310 Å². The van der Waals surface area contributed by atoms with E-state index in [0.29, 0.717) is 83.7 Å². The van der Waals surface area contributed by atoms with Gasteiger partial charge < -0.3 is 71.2 Å². The van der Waals surface area contributed by atoms with Gasteiger partial charge in [0, 0.05) is 125 Å². The van der Waals surface area contributed by atoms with E-state index in [9.17, 15) is 34.1 Å². The number of benzene rings is 3. The first-order chi connectivity index (χ1) is 51.3. The van der Waals surface area contributed by atoms with Crippen molar-refractivity contribution in [1.82, 2.24) is 59.8 Å². The molecule has 26 nitrogen and oxygen atoms in total. The number of aromatic nitrogens is 9. The maximum absolute atomic E-state index is 13.6. The fourth-order valence-corrected chi connectivity index (χ4v) is 16.1. The number of anilines is 8. The first-order valence-electron chi connectivity index (χ1n) is 36.2. The average molecular weight is 1420 g/mol. The Balaban J connectivity index is 0.000000121. The number of imidazole rings is 1. The number of pyridine rings is 4. The first-order valence-corrected chi connectivity index (χ1v) is 36.2. The predicted molar refractivity (Wildman–Crippen MR) is 394 cm³/mol. The number of nitrogens with zero attached hydrogens (tertiary/aromatic N) is 11. The van der Waals surface area contributed by atoms with Crippen LogP contribution in [0.2, 0.25) is 0 Å². The highest BCUT2D eigenvalue weighted by Crippen LogP contribution is 2.42. The molecule has 3 saturated heterocycles. The van der Waals surface area contributed by atoms with Gasteiger partial charge in [-0.2, -0.15) is 10.2 Å². The summed E-state index contributed by atoms with van der Waals surface area (Å²) in [5.74, 6) is 1.21. The molecular weight excluding hydrogens is 1340 g/mol. The molecule has 0 unspecified atom stereocenters. The van der Waals surface area contributed by atoms with E-state index in [4.69, 9.17) is 14.2 Å². The van der Waals surface area contributed by atoms with Crippen molar-refractivity contribution < 1.29 is 48.3 Å². The Bertz CT molecular complexity index is 4710. The lowest BCUT2D eigenvalue weighted by molar-refractivity contribution is 0.0229. The van der Waals surface area contributed by atoms with Crippen LogP contribution in [-0.2, 0) is 65.4 Å². The van der Waals surface area contributed by atoms with Gasteiger partial charge in [0.15, 0.2) is 0 Å². The van der Waals surface area contributed by atoms with Crippen LogP contribution in [0.25, 0.3) is 39.2 Å². The zero-order valence-electron chi connectivity index (χ0n) is 58.6. The standard InChI is InChI=1S/2C27H32N6O3.C24H20FN5O3/c2*1-36-19-7-5-18(16-34)32(15-19)17-6-10-25(28-12-17)31-23-9-8-20(22-13-29-27(35)26(22)23)21-14-30-33-11-3-2-4-24(21)33;25-15-5-7-30-19(12-27-21(30)9-15)16-2-3-18(22-17(16)11-28-23(22)31)29-20-4-1-14(10-26-20)24(32)6-8-33-13-24/h2*6,8-10,12,14,18-19,34H,2-5,7,11,13,15-16H2,1H3,(H,28,31)(H,29,35);1-5,7,9-10,12,32H,6,8,11,13H2,(H,26,29)(H,28,31)/t2*18-,19+;24-/m100/s1. The van der Waals surface area contributed by atoms with E-state index in [2.05, 4.69) is 93.3 Å². The number of halogens is 1. The number of aliphatic hydroxyl groups excluding tert-OH is 2. The number of carbonyl (C=O) groups excluding carboxylic acids is 3. The van der Waals surface area contributed by atoms with Gasteiger partial charge in [-0.15, -0.1) is 0 Å². The molecule has 5 atom stereocenters. The van der Waals surface area contributed by atoms with Crippen LogP contribution in [0.15, 0.2) is 128 Å². The second kappa shape index (κ2) is 29.5. The zero-order valence-corrected chi connectivity index (χ0v) is 58.6. The molecule has 15 heterocycles. The van der Waals surface area contributed by atoms with Gasteiger partial charge in [0.25, 0.3) is 17.7 Å². The van der Waals surface area contributed by atoms with E-state index in [0.717, 1.165) is 150 Å². The first kappa shape index (κ1) is 68.7. The molecule has 27 heteroatoms. The highest BCUT2D eigenvalue weighted by Gasteiger charge is 2.37. The van der Waals surface area contributed by atoms with Crippen molar-refractivity contribution in [3.63, 3.8) is 0 Å². The van der Waals surface area contributed by atoms with Gasteiger partial charge in [-0.3, -0.25) is 28.1 Å². The zero-order chi connectivity index (χ0) is 71.9. The number of hydrogen-bond donors (Lipinski definition) is 9. The Labute approximate surface area is 605 Å². The highest BCUT2D eigenvalue weighted by molar-refractivity contribution is 6.08. The molecular formula is C78H84FN17O9. The SMILES string of the molecule is CO[C@@H]1CC[C@@H](CO)N(c2ccc(Nc3ccc(-c4cnn5c4CCCC5)c4c3C(=O)NC4)nc2)C1.CO[C@H]1CC[C@H](CO)N(c2ccc(Nc3ccc(-c4cnn5c4CCCC5)c4c3C(=O)NC4)nc2)C1.O=C1NCc2c(-c3cnc4cc(F)ccn34)ccc(Nc3ccc([C@]4(O)CCOC4)cn3)c21. The number of hydrogen-bond acceptors (Lipinski definition) is 20. The van der Waals surface area contributed by atoms with Crippen LogP contribution < -0.4 is 41.7 Å². The summed E-state index contributed by atoms with van der Waals surface area (Å²) in [7, 11) is 3.46. The minimum absolute atomic E-state index is 0.0612. The fraction of sp³-hybridized carbons (Fsp3) is 0.372. The lowest BCUT2D eigenvalue weighted by Gasteiger charge is -2.39. The van der Waals surface area contributed by atoms with Gasteiger partial charge in [0.2, 0.25) is 0 Å². The molecule has 18 rings (SSSR count). The number of methoxy groups -OCH3 is 2. The fourth-order valence-electron chi connectivity index (χ4n) is 16.1. The van der Waals surface area contributed by atoms with Crippen LogP contribution in [0, 0.1) is 5.82 Å². The lowest BCUT2D eigenvalue weighted by Crippen LogP contribution is -2.48. The number of fused-ring (bicyclic) bond motifs is 6. The van der Waals surface area contributed by atoms with Crippen LogP contribution in [0.5, 0.6) is 0 Å². The molecule has 7 aromatic heterocycles. The van der Waals surface area contributed by atoms with E-state index >= 15 is 0 Å². The molecule has 8 aliphatic heterocycles. The molecule has 10 aromatic rings. The van der Waals surface area contributed by atoms with Crippen molar-refractivity contribution in [2.45, 2.75) is 133 Å². The summed E-state index contributed by atoms with van der Waals surface area (Å²) in [5, 5.41) is 58.4. The number of rotatable bonds is 16. The molecule has 3 amide bonds. The smallest absolute Gasteiger partial charge is 0.254 e. The van der Waals surface area contributed by atoms with Crippen molar-refractivity contribution in [3.8, 4) is 33.5 Å². The molecule has 0 bridgehead atoms. The van der Waals surface area contributed by atoms with Crippen LogP contribution in [0.3, 0.4) is 0 Å². The van der Waals surface area contributed by atoms with Crippen molar-refractivity contribution in [1.29, 1.82) is 0 Å². The Morgan fingerprint density at radius 2 is 1.05 bits per heavy atom. The number of aliphatic hydroxyl groups is 3. The quantitative estimate of drug-likeness (QED) is 0.0435. The normalized spacial score (nSPS) is 20.7. The van der Waals surface area contributed by atoms with Crippen molar-refractivity contribution >= 4 is 69.3 Å². The third-order valence-corrected chi connectivity index (χ3v) is 21.9. The second-order valence-electron chi connectivity index (χ2n) is 28.0. The summed E-state index contributed by atoms with van der Waals surface area (Å²) in [6, 6.07) is 26.2. The summed E-state index contributed by atoms with van der Waals surface area (Å²) in [6.45, 7) is 5.74. The molecule has 0 radical (unpaired) electrons. The Kier molecular flexibility index (Phi) is 19.3. The molecule has 0 saturated carbocycles. The summed E-state index contributed by atoms with van der Waals surface area (Å²) >= 11 is 0. The van der Waals surface area contributed by atoms with Gasteiger partial charge in [-0.05, 0) is 147 Å². The van der Waals surface area contributed by atoms with Gasteiger partial charge in [-0.25, -0.2) is 24.3 Å². The summed E-state index contributed by atoms with van der Waals surface area (Å²) < 4.78 is 36.0. The Morgan fingerprint density at radius 3 is 1.50 bits per heavy atom. The van der Waals surface area contributed by atoms with Crippen molar-refractivity contribution in [2.24, 2.45) is 0 Å². The number of ether oxygens (including phenoxy) is 3. The molecule has 3 aromatic carbocycles. The number of amides is 3. The van der Waals surface area contributed by atoms with E-state index < -0.39 is 5.60 Å². The minimum atomic E-state index is -1.01. The van der Waals surface area contributed by atoms with Crippen LogP contribution in [0.4, 0.5) is 50.3 Å². The van der Waals surface area contributed by atoms with Gasteiger partial charge in [0.05, 0.1) is 126 Å².